The van der Waals surface area contributed by atoms with Crippen molar-refractivity contribution in [3.05, 3.63) is 30.5 Å². The number of aromatic nitrogens is 3. The molecule has 1 atom stereocenters. The van der Waals surface area contributed by atoms with E-state index in [1.807, 2.05) is 17.5 Å². The summed E-state index contributed by atoms with van der Waals surface area (Å²) in [6.45, 7) is 2.29. The molecule has 0 aromatic carbocycles. The molecule has 0 aliphatic heterocycles. The minimum Gasteiger partial charge on any atom is -0.395 e. The Hall–Kier alpha value is -1.46. The van der Waals surface area contributed by atoms with Crippen molar-refractivity contribution in [3.8, 4) is 0 Å². The summed E-state index contributed by atoms with van der Waals surface area (Å²) < 4.78 is 1.90. The van der Waals surface area contributed by atoms with E-state index in [-0.39, 0.29) is 6.61 Å². The highest BCUT2D eigenvalue weighted by Gasteiger charge is 2.27. The van der Waals surface area contributed by atoms with E-state index >= 15 is 0 Å². The third kappa shape index (κ3) is 1.49. The molecule has 0 radical (unpaired) electrons. The SMILES string of the molecule is CC(CN)(CO)c1cnc2cnccn12. The summed E-state index contributed by atoms with van der Waals surface area (Å²) in [6.07, 6.45) is 6.92. The fraction of sp³-hybridized carbons (Fsp3) is 0.400. The van der Waals surface area contributed by atoms with Crippen LogP contribution in [0.15, 0.2) is 24.8 Å². The van der Waals surface area contributed by atoms with Gasteiger partial charge in [-0.3, -0.25) is 4.98 Å². The van der Waals surface area contributed by atoms with E-state index in [0.717, 1.165) is 11.3 Å². The minimum atomic E-state index is -0.458. The van der Waals surface area contributed by atoms with Crippen molar-refractivity contribution in [2.75, 3.05) is 13.2 Å². The van der Waals surface area contributed by atoms with Gasteiger partial charge in [0.05, 0.1) is 18.5 Å². The molecule has 5 nitrogen and oxygen atoms in total. The first-order valence-corrected chi connectivity index (χ1v) is 4.80. The van der Waals surface area contributed by atoms with Gasteiger partial charge in [-0.25, -0.2) is 4.98 Å². The number of imidazole rings is 1. The summed E-state index contributed by atoms with van der Waals surface area (Å²) in [4.78, 5) is 8.20. The van der Waals surface area contributed by atoms with Crippen molar-refractivity contribution in [2.24, 2.45) is 5.73 Å². The van der Waals surface area contributed by atoms with Gasteiger partial charge in [-0.15, -0.1) is 0 Å². The predicted molar refractivity (Wildman–Crippen MR) is 56.5 cm³/mol. The predicted octanol–water partition coefficient (Wildman–Crippen LogP) is -0.0620. The topological polar surface area (TPSA) is 76.4 Å². The van der Waals surface area contributed by atoms with Crippen molar-refractivity contribution in [1.82, 2.24) is 14.4 Å². The van der Waals surface area contributed by atoms with Crippen LogP contribution in [0.25, 0.3) is 5.65 Å². The molecule has 2 heterocycles. The Morgan fingerprint density at radius 2 is 2.33 bits per heavy atom. The molecule has 2 rings (SSSR count). The third-order valence-electron chi connectivity index (χ3n) is 2.74. The molecule has 2 aromatic rings. The third-order valence-corrected chi connectivity index (χ3v) is 2.74. The number of fused-ring (bicyclic) bond motifs is 1. The van der Waals surface area contributed by atoms with E-state index in [9.17, 15) is 5.11 Å². The monoisotopic (exact) mass is 206 g/mol. The molecule has 0 bridgehead atoms. The Labute approximate surface area is 87.6 Å². The molecule has 0 saturated heterocycles. The molecular weight excluding hydrogens is 192 g/mol. The second-order valence-corrected chi connectivity index (χ2v) is 3.87. The quantitative estimate of drug-likeness (QED) is 0.737. The van der Waals surface area contributed by atoms with Crippen LogP contribution in [0.1, 0.15) is 12.6 Å². The van der Waals surface area contributed by atoms with Crippen LogP contribution in [-0.4, -0.2) is 32.6 Å². The number of rotatable bonds is 3. The molecule has 5 heteroatoms. The highest BCUT2D eigenvalue weighted by atomic mass is 16.3. The molecule has 0 saturated carbocycles. The fourth-order valence-electron chi connectivity index (χ4n) is 1.54. The van der Waals surface area contributed by atoms with Crippen LogP contribution in [0.4, 0.5) is 0 Å². The number of nitrogens with zero attached hydrogens (tertiary/aromatic N) is 3. The van der Waals surface area contributed by atoms with Gasteiger partial charge in [-0.1, -0.05) is 6.92 Å². The van der Waals surface area contributed by atoms with Gasteiger partial charge in [-0.05, 0) is 0 Å². The van der Waals surface area contributed by atoms with Crippen LogP contribution in [-0.2, 0) is 5.41 Å². The average molecular weight is 206 g/mol. The maximum atomic E-state index is 9.38. The Morgan fingerprint density at radius 1 is 1.53 bits per heavy atom. The van der Waals surface area contributed by atoms with Gasteiger partial charge in [-0.2, -0.15) is 0 Å². The van der Waals surface area contributed by atoms with Crippen molar-refractivity contribution in [3.63, 3.8) is 0 Å². The van der Waals surface area contributed by atoms with Crippen LogP contribution in [0, 0.1) is 0 Å². The van der Waals surface area contributed by atoms with Crippen LogP contribution >= 0.6 is 0 Å². The zero-order valence-electron chi connectivity index (χ0n) is 8.59. The Kier molecular flexibility index (Phi) is 2.42. The first kappa shape index (κ1) is 10.1. The number of hydrogen-bond donors (Lipinski definition) is 2. The van der Waals surface area contributed by atoms with E-state index in [1.54, 1.807) is 18.6 Å². The zero-order chi connectivity index (χ0) is 10.9. The summed E-state index contributed by atoms with van der Waals surface area (Å²) in [7, 11) is 0. The second-order valence-electron chi connectivity index (χ2n) is 3.87. The summed E-state index contributed by atoms with van der Waals surface area (Å²) >= 11 is 0. The number of aliphatic hydroxyl groups is 1. The standard InChI is InChI=1S/C10H14N4O/c1-10(6-11,7-15)8-4-13-9-5-12-2-3-14(8)9/h2-5,15H,6-7,11H2,1H3. The maximum Gasteiger partial charge on any atom is 0.155 e. The molecular formula is C10H14N4O. The summed E-state index contributed by atoms with van der Waals surface area (Å²) in [5.74, 6) is 0. The van der Waals surface area contributed by atoms with Gasteiger partial charge in [0.25, 0.3) is 0 Å². The molecule has 3 N–H and O–H groups in total. The molecule has 1 unspecified atom stereocenters. The van der Waals surface area contributed by atoms with Gasteiger partial charge in [0.2, 0.25) is 0 Å². The van der Waals surface area contributed by atoms with Crippen LogP contribution in [0.5, 0.6) is 0 Å². The Morgan fingerprint density at radius 3 is 3.00 bits per heavy atom. The van der Waals surface area contributed by atoms with E-state index in [1.165, 1.54) is 0 Å². The molecule has 0 spiro atoms. The second kappa shape index (κ2) is 3.60. The fourth-order valence-corrected chi connectivity index (χ4v) is 1.54. The van der Waals surface area contributed by atoms with Crippen LogP contribution in [0.3, 0.4) is 0 Å². The minimum absolute atomic E-state index is 0.000381. The van der Waals surface area contributed by atoms with Crippen molar-refractivity contribution < 1.29 is 5.11 Å². The Bertz CT molecular complexity index is 461. The van der Waals surface area contributed by atoms with Gasteiger partial charge in [0.1, 0.15) is 0 Å². The molecule has 0 aliphatic carbocycles. The number of nitrogens with two attached hydrogens (primary N) is 1. The van der Waals surface area contributed by atoms with Gasteiger partial charge < -0.3 is 15.2 Å². The largest absolute Gasteiger partial charge is 0.395 e. The van der Waals surface area contributed by atoms with E-state index in [4.69, 9.17) is 5.73 Å². The first-order valence-electron chi connectivity index (χ1n) is 4.80. The van der Waals surface area contributed by atoms with Gasteiger partial charge in [0.15, 0.2) is 5.65 Å². The first-order chi connectivity index (χ1) is 7.21. The van der Waals surface area contributed by atoms with Gasteiger partial charge in [0, 0.05) is 30.6 Å². The molecule has 0 fully saturated rings. The highest BCUT2D eigenvalue weighted by molar-refractivity contribution is 5.39. The van der Waals surface area contributed by atoms with E-state index in [0.29, 0.717) is 6.54 Å². The lowest BCUT2D eigenvalue weighted by molar-refractivity contribution is 0.206. The molecule has 0 amide bonds. The maximum absolute atomic E-state index is 9.38. The van der Waals surface area contributed by atoms with Crippen molar-refractivity contribution in [1.29, 1.82) is 0 Å². The number of aliphatic hydroxyl groups excluding tert-OH is 1. The smallest absolute Gasteiger partial charge is 0.155 e. The number of hydrogen-bond acceptors (Lipinski definition) is 4. The Balaban J connectivity index is 2.61. The zero-order valence-corrected chi connectivity index (χ0v) is 8.59. The van der Waals surface area contributed by atoms with Crippen molar-refractivity contribution in [2.45, 2.75) is 12.3 Å². The lowest BCUT2D eigenvalue weighted by Gasteiger charge is -2.24. The van der Waals surface area contributed by atoms with E-state index < -0.39 is 5.41 Å². The van der Waals surface area contributed by atoms with Crippen LogP contribution in [0.2, 0.25) is 0 Å². The lowest BCUT2D eigenvalue weighted by Crippen LogP contribution is -2.36. The molecule has 2 aromatic heterocycles. The lowest BCUT2D eigenvalue weighted by atomic mass is 9.88. The van der Waals surface area contributed by atoms with Crippen LogP contribution < -0.4 is 5.73 Å². The summed E-state index contributed by atoms with van der Waals surface area (Å²) in [5, 5.41) is 9.38. The summed E-state index contributed by atoms with van der Waals surface area (Å²) in [5.41, 5.74) is 6.90. The normalized spacial score (nSPS) is 15.4. The van der Waals surface area contributed by atoms with E-state index in [2.05, 4.69) is 9.97 Å². The summed E-state index contributed by atoms with van der Waals surface area (Å²) in [6, 6.07) is 0. The highest BCUT2D eigenvalue weighted by Crippen LogP contribution is 2.22. The molecule has 80 valence electrons. The van der Waals surface area contributed by atoms with Crippen molar-refractivity contribution >= 4 is 5.65 Å². The molecule has 15 heavy (non-hydrogen) atoms. The molecule has 0 aliphatic rings. The average Bonchev–Trinajstić information content (AvgIpc) is 2.72. The van der Waals surface area contributed by atoms with Gasteiger partial charge >= 0.3 is 0 Å².